The van der Waals surface area contributed by atoms with Crippen LogP contribution in [0, 0.1) is 10.1 Å². The van der Waals surface area contributed by atoms with E-state index in [2.05, 4.69) is 4.98 Å². The van der Waals surface area contributed by atoms with Gasteiger partial charge in [0.2, 0.25) is 0 Å². The summed E-state index contributed by atoms with van der Waals surface area (Å²) >= 11 is 5.95. The minimum atomic E-state index is -0.602. The maximum Gasteiger partial charge on any atom is 0.282 e. The number of carbonyl (C=O) groups excluding carboxylic acids is 1. The molecule has 0 unspecified atom stereocenters. The van der Waals surface area contributed by atoms with Gasteiger partial charge in [0.15, 0.2) is 0 Å². The van der Waals surface area contributed by atoms with Crippen molar-refractivity contribution in [3.8, 4) is 0 Å². The molecular formula is C18H14ClN3O4. The highest BCUT2D eigenvalue weighted by atomic mass is 35.5. The van der Waals surface area contributed by atoms with Crippen LogP contribution in [0.1, 0.15) is 21.8 Å². The molecule has 0 saturated carbocycles. The number of nitro groups is 1. The first-order chi connectivity index (χ1) is 12.5. The van der Waals surface area contributed by atoms with E-state index in [0.717, 1.165) is 0 Å². The van der Waals surface area contributed by atoms with Gasteiger partial charge in [-0.25, -0.2) is 0 Å². The molecule has 0 bridgehead atoms. The average Bonchev–Trinajstić information content (AvgIpc) is 3.14. The van der Waals surface area contributed by atoms with E-state index in [9.17, 15) is 14.9 Å². The standard InChI is InChI=1S/C18H14ClN3O4/c19-13-6-7-17(22(24)25)16(10-13)18(23)21(12-15-5-3-9-26-15)11-14-4-1-2-8-20-14/h1-10H,11-12H2. The lowest BCUT2D eigenvalue weighted by molar-refractivity contribution is -0.385. The first kappa shape index (κ1) is 17.6. The molecule has 8 heteroatoms. The molecule has 2 aromatic heterocycles. The number of pyridine rings is 1. The number of hydrogen-bond donors (Lipinski definition) is 0. The molecule has 0 aliphatic carbocycles. The van der Waals surface area contributed by atoms with Crippen LogP contribution in [0.2, 0.25) is 5.02 Å². The summed E-state index contributed by atoms with van der Waals surface area (Å²) in [4.78, 5) is 29.4. The van der Waals surface area contributed by atoms with Crippen molar-refractivity contribution in [3.05, 3.63) is 93.1 Å². The van der Waals surface area contributed by atoms with E-state index in [4.69, 9.17) is 16.0 Å². The number of carbonyl (C=O) groups is 1. The van der Waals surface area contributed by atoms with Crippen molar-refractivity contribution in [1.82, 2.24) is 9.88 Å². The molecule has 132 valence electrons. The Labute approximate surface area is 154 Å². The molecular weight excluding hydrogens is 358 g/mol. The van der Waals surface area contributed by atoms with Crippen LogP contribution in [0.5, 0.6) is 0 Å². The Morgan fingerprint density at radius 2 is 2.04 bits per heavy atom. The van der Waals surface area contributed by atoms with Crippen LogP contribution >= 0.6 is 11.6 Å². The highest BCUT2D eigenvalue weighted by Gasteiger charge is 2.26. The fourth-order valence-corrected chi connectivity index (χ4v) is 2.66. The number of rotatable bonds is 6. The largest absolute Gasteiger partial charge is 0.467 e. The molecule has 1 amide bonds. The van der Waals surface area contributed by atoms with E-state index in [0.29, 0.717) is 11.5 Å². The Balaban J connectivity index is 1.96. The number of furan rings is 1. The number of halogens is 1. The van der Waals surface area contributed by atoms with Gasteiger partial charge in [0.05, 0.1) is 30.0 Å². The SMILES string of the molecule is O=C(c1cc(Cl)ccc1[N+](=O)[O-])N(Cc1ccccn1)Cc1ccco1. The highest BCUT2D eigenvalue weighted by Crippen LogP contribution is 2.25. The second kappa shape index (κ2) is 7.79. The van der Waals surface area contributed by atoms with Crippen molar-refractivity contribution in [2.45, 2.75) is 13.1 Å². The third kappa shape index (κ3) is 4.07. The second-order valence-corrected chi connectivity index (χ2v) is 5.92. The molecule has 0 fully saturated rings. The summed E-state index contributed by atoms with van der Waals surface area (Å²) in [6.07, 6.45) is 3.12. The van der Waals surface area contributed by atoms with E-state index < -0.39 is 10.8 Å². The lowest BCUT2D eigenvalue weighted by atomic mass is 10.1. The van der Waals surface area contributed by atoms with E-state index >= 15 is 0 Å². The van der Waals surface area contributed by atoms with E-state index in [1.54, 1.807) is 36.5 Å². The third-order valence-electron chi connectivity index (χ3n) is 3.68. The molecule has 0 atom stereocenters. The molecule has 3 rings (SSSR count). The third-order valence-corrected chi connectivity index (χ3v) is 3.91. The Kier molecular flexibility index (Phi) is 5.28. The number of hydrogen-bond acceptors (Lipinski definition) is 5. The minimum Gasteiger partial charge on any atom is -0.467 e. The fraction of sp³-hybridized carbons (Fsp3) is 0.111. The molecule has 0 spiro atoms. The van der Waals surface area contributed by atoms with Crippen molar-refractivity contribution in [2.24, 2.45) is 0 Å². The van der Waals surface area contributed by atoms with Crippen LogP contribution in [-0.2, 0) is 13.1 Å². The van der Waals surface area contributed by atoms with Crippen LogP contribution in [0.3, 0.4) is 0 Å². The Morgan fingerprint density at radius 3 is 2.69 bits per heavy atom. The van der Waals surface area contributed by atoms with Crippen LogP contribution in [-0.4, -0.2) is 20.7 Å². The number of nitro benzene ring substituents is 1. The molecule has 26 heavy (non-hydrogen) atoms. The van der Waals surface area contributed by atoms with Gasteiger partial charge in [0.1, 0.15) is 11.3 Å². The summed E-state index contributed by atoms with van der Waals surface area (Å²) < 4.78 is 5.31. The van der Waals surface area contributed by atoms with Gasteiger partial charge in [-0.15, -0.1) is 0 Å². The molecule has 2 heterocycles. The summed E-state index contributed by atoms with van der Waals surface area (Å²) in [7, 11) is 0. The summed E-state index contributed by atoms with van der Waals surface area (Å²) in [5.74, 6) is 0.0280. The smallest absolute Gasteiger partial charge is 0.282 e. The first-order valence-corrected chi connectivity index (χ1v) is 8.08. The van der Waals surface area contributed by atoms with Gasteiger partial charge in [0.25, 0.3) is 11.6 Å². The Bertz CT molecular complexity index is 913. The molecule has 7 nitrogen and oxygen atoms in total. The number of nitrogens with zero attached hydrogens (tertiary/aromatic N) is 3. The number of benzene rings is 1. The Hall–Kier alpha value is -3.19. The van der Waals surface area contributed by atoms with Gasteiger partial charge in [-0.05, 0) is 36.4 Å². The Morgan fingerprint density at radius 1 is 1.19 bits per heavy atom. The van der Waals surface area contributed by atoms with Crippen LogP contribution in [0.4, 0.5) is 5.69 Å². The minimum absolute atomic E-state index is 0.0787. The zero-order valence-corrected chi connectivity index (χ0v) is 14.3. The monoisotopic (exact) mass is 371 g/mol. The van der Waals surface area contributed by atoms with Gasteiger partial charge in [-0.1, -0.05) is 17.7 Å². The zero-order chi connectivity index (χ0) is 18.5. The topological polar surface area (TPSA) is 89.5 Å². The molecule has 0 saturated heterocycles. The molecule has 0 N–H and O–H groups in total. The summed E-state index contributed by atoms with van der Waals surface area (Å²) in [6, 6.07) is 12.7. The molecule has 1 aromatic carbocycles. The molecule has 3 aromatic rings. The molecule has 0 aliphatic heterocycles. The predicted octanol–water partition coefficient (Wildman–Crippen LogP) is 4.08. The van der Waals surface area contributed by atoms with Crippen LogP contribution < -0.4 is 0 Å². The van der Waals surface area contributed by atoms with Crippen molar-refractivity contribution in [1.29, 1.82) is 0 Å². The van der Waals surface area contributed by atoms with Crippen molar-refractivity contribution in [2.75, 3.05) is 0 Å². The van der Waals surface area contributed by atoms with Gasteiger partial charge >= 0.3 is 0 Å². The second-order valence-electron chi connectivity index (χ2n) is 5.48. The quantitative estimate of drug-likeness (QED) is 0.481. The van der Waals surface area contributed by atoms with Crippen molar-refractivity contribution >= 4 is 23.2 Å². The van der Waals surface area contributed by atoms with Crippen molar-refractivity contribution < 1.29 is 14.1 Å². The summed E-state index contributed by atoms with van der Waals surface area (Å²) in [6.45, 7) is 0.316. The van der Waals surface area contributed by atoms with E-state index in [1.165, 1.54) is 29.4 Å². The van der Waals surface area contributed by atoms with Gasteiger partial charge in [0, 0.05) is 17.3 Å². The first-order valence-electron chi connectivity index (χ1n) is 7.70. The van der Waals surface area contributed by atoms with E-state index in [1.807, 2.05) is 0 Å². The zero-order valence-electron chi connectivity index (χ0n) is 13.5. The maximum atomic E-state index is 13.0. The lowest BCUT2D eigenvalue weighted by Gasteiger charge is -2.21. The van der Waals surface area contributed by atoms with Crippen LogP contribution in [0.25, 0.3) is 0 Å². The fourth-order valence-electron chi connectivity index (χ4n) is 2.49. The number of aromatic nitrogens is 1. The number of amides is 1. The highest BCUT2D eigenvalue weighted by molar-refractivity contribution is 6.31. The van der Waals surface area contributed by atoms with Crippen LogP contribution in [0.15, 0.2) is 65.4 Å². The van der Waals surface area contributed by atoms with Crippen molar-refractivity contribution in [3.63, 3.8) is 0 Å². The predicted molar refractivity (Wildman–Crippen MR) is 94.6 cm³/mol. The molecule has 0 aliphatic rings. The molecule has 0 radical (unpaired) electrons. The summed E-state index contributed by atoms with van der Waals surface area (Å²) in [5, 5.41) is 11.5. The average molecular weight is 372 g/mol. The lowest BCUT2D eigenvalue weighted by Crippen LogP contribution is -2.30. The normalized spacial score (nSPS) is 10.5. The maximum absolute atomic E-state index is 13.0. The van der Waals surface area contributed by atoms with Gasteiger partial charge in [-0.3, -0.25) is 19.9 Å². The van der Waals surface area contributed by atoms with E-state index in [-0.39, 0.29) is 29.4 Å². The van der Waals surface area contributed by atoms with Gasteiger partial charge in [-0.2, -0.15) is 0 Å². The van der Waals surface area contributed by atoms with Gasteiger partial charge < -0.3 is 9.32 Å². The summed E-state index contributed by atoms with van der Waals surface area (Å²) in [5.41, 5.74) is 0.270.